The first-order valence-corrected chi connectivity index (χ1v) is 5.13. The monoisotopic (exact) mass is 232 g/mol. The molecule has 2 rings (SSSR count). The average Bonchev–Trinajstić information content (AvgIpc) is 2.75. The molecule has 1 heterocycles. The predicted molar refractivity (Wildman–Crippen MR) is 62.0 cm³/mol. The number of carboxylic acid groups (broad SMARTS) is 1. The summed E-state index contributed by atoms with van der Waals surface area (Å²) < 4.78 is 5.02. The molecule has 0 saturated heterocycles. The van der Waals surface area contributed by atoms with Gasteiger partial charge in [-0.1, -0.05) is 12.1 Å². The van der Waals surface area contributed by atoms with Gasteiger partial charge in [-0.05, 0) is 24.6 Å². The summed E-state index contributed by atoms with van der Waals surface area (Å²) >= 11 is 0. The van der Waals surface area contributed by atoms with Crippen LogP contribution in [0.1, 0.15) is 22.0 Å². The lowest BCUT2D eigenvalue weighted by atomic mass is 10.2. The second kappa shape index (κ2) is 4.69. The molecular formula is C12H12N2O3. The SMILES string of the molecule is Cc1cccc(NCc2ncc(C(=O)O)o2)c1. The number of anilines is 1. The standard InChI is InChI=1S/C12H12N2O3/c1-8-3-2-4-9(5-8)13-7-11-14-6-10(17-11)12(15)16/h2-6,13H,7H2,1H3,(H,15,16). The molecule has 88 valence electrons. The van der Waals surface area contributed by atoms with E-state index in [1.807, 2.05) is 31.2 Å². The third-order valence-electron chi connectivity index (χ3n) is 2.23. The number of carboxylic acids is 1. The number of carbonyl (C=O) groups is 1. The molecule has 0 radical (unpaired) electrons. The average molecular weight is 232 g/mol. The van der Waals surface area contributed by atoms with E-state index >= 15 is 0 Å². The molecule has 1 aromatic heterocycles. The van der Waals surface area contributed by atoms with E-state index in [9.17, 15) is 4.79 Å². The number of hydrogen-bond donors (Lipinski definition) is 2. The Morgan fingerprint density at radius 1 is 1.53 bits per heavy atom. The zero-order chi connectivity index (χ0) is 12.3. The van der Waals surface area contributed by atoms with Gasteiger partial charge in [-0.15, -0.1) is 0 Å². The van der Waals surface area contributed by atoms with Gasteiger partial charge in [-0.2, -0.15) is 0 Å². The number of nitrogens with zero attached hydrogens (tertiary/aromatic N) is 1. The van der Waals surface area contributed by atoms with Gasteiger partial charge >= 0.3 is 5.97 Å². The van der Waals surface area contributed by atoms with Crippen molar-refractivity contribution in [3.05, 3.63) is 47.7 Å². The maximum Gasteiger partial charge on any atom is 0.373 e. The van der Waals surface area contributed by atoms with Gasteiger partial charge in [0.1, 0.15) is 0 Å². The Kier molecular flexibility index (Phi) is 3.09. The van der Waals surface area contributed by atoms with Gasteiger partial charge in [0, 0.05) is 5.69 Å². The van der Waals surface area contributed by atoms with E-state index in [1.165, 1.54) is 6.20 Å². The van der Waals surface area contributed by atoms with E-state index < -0.39 is 5.97 Å². The highest BCUT2D eigenvalue weighted by Gasteiger charge is 2.09. The van der Waals surface area contributed by atoms with E-state index in [2.05, 4.69) is 10.3 Å². The normalized spacial score (nSPS) is 10.2. The van der Waals surface area contributed by atoms with E-state index in [0.29, 0.717) is 12.4 Å². The second-order valence-corrected chi connectivity index (χ2v) is 3.65. The molecule has 17 heavy (non-hydrogen) atoms. The number of oxazole rings is 1. The Bertz CT molecular complexity index is 534. The third kappa shape index (κ3) is 2.84. The molecule has 0 unspecified atom stereocenters. The smallest absolute Gasteiger partial charge is 0.373 e. The molecule has 0 atom stereocenters. The maximum atomic E-state index is 10.6. The molecule has 2 aromatic rings. The highest BCUT2D eigenvalue weighted by atomic mass is 16.4. The first-order valence-electron chi connectivity index (χ1n) is 5.13. The molecule has 0 aliphatic rings. The molecule has 0 fully saturated rings. The van der Waals surface area contributed by atoms with Gasteiger partial charge in [0.25, 0.3) is 0 Å². The fourth-order valence-electron chi connectivity index (χ4n) is 1.42. The summed E-state index contributed by atoms with van der Waals surface area (Å²) in [4.78, 5) is 14.4. The minimum absolute atomic E-state index is 0.147. The van der Waals surface area contributed by atoms with Crippen LogP contribution < -0.4 is 5.32 Å². The molecule has 2 N–H and O–H groups in total. The van der Waals surface area contributed by atoms with Gasteiger partial charge in [0.2, 0.25) is 11.7 Å². The van der Waals surface area contributed by atoms with Gasteiger partial charge in [-0.3, -0.25) is 0 Å². The summed E-state index contributed by atoms with van der Waals surface area (Å²) in [6.07, 6.45) is 1.20. The lowest BCUT2D eigenvalue weighted by Gasteiger charge is -2.03. The summed E-state index contributed by atoms with van der Waals surface area (Å²) in [7, 11) is 0. The Hall–Kier alpha value is -2.30. The van der Waals surface area contributed by atoms with Crippen LogP contribution in [0, 0.1) is 6.92 Å². The van der Waals surface area contributed by atoms with Crippen molar-refractivity contribution in [1.29, 1.82) is 0 Å². The fourth-order valence-corrected chi connectivity index (χ4v) is 1.42. The number of hydrogen-bond acceptors (Lipinski definition) is 4. The molecule has 5 heteroatoms. The van der Waals surface area contributed by atoms with Gasteiger partial charge in [0.05, 0.1) is 12.7 Å². The van der Waals surface area contributed by atoms with Crippen molar-refractivity contribution in [2.75, 3.05) is 5.32 Å². The maximum absolute atomic E-state index is 10.6. The van der Waals surface area contributed by atoms with Crippen molar-refractivity contribution in [2.24, 2.45) is 0 Å². The minimum atomic E-state index is -1.11. The fraction of sp³-hybridized carbons (Fsp3) is 0.167. The highest BCUT2D eigenvalue weighted by molar-refractivity contribution is 5.83. The Balaban J connectivity index is 2.00. The Morgan fingerprint density at radius 3 is 3.00 bits per heavy atom. The number of aromatic nitrogens is 1. The Labute approximate surface area is 98.1 Å². The molecule has 0 amide bonds. The van der Waals surface area contributed by atoms with Crippen LogP contribution in [0.15, 0.2) is 34.9 Å². The number of rotatable bonds is 4. The van der Waals surface area contributed by atoms with Crippen LogP contribution in [0.4, 0.5) is 5.69 Å². The van der Waals surface area contributed by atoms with Gasteiger partial charge in [0.15, 0.2) is 0 Å². The van der Waals surface area contributed by atoms with Crippen molar-refractivity contribution < 1.29 is 14.3 Å². The molecule has 0 aliphatic carbocycles. The minimum Gasteiger partial charge on any atom is -0.475 e. The first kappa shape index (κ1) is 11.2. The summed E-state index contributed by atoms with van der Waals surface area (Å²) in [6.45, 7) is 2.36. The predicted octanol–water partition coefficient (Wildman–Crippen LogP) is 2.29. The van der Waals surface area contributed by atoms with Crippen molar-refractivity contribution >= 4 is 11.7 Å². The van der Waals surface area contributed by atoms with Crippen LogP contribution in [0.3, 0.4) is 0 Å². The summed E-state index contributed by atoms with van der Waals surface area (Å²) in [5.41, 5.74) is 2.09. The zero-order valence-electron chi connectivity index (χ0n) is 9.30. The largest absolute Gasteiger partial charge is 0.475 e. The molecule has 0 bridgehead atoms. The molecular weight excluding hydrogens is 220 g/mol. The van der Waals surface area contributed by atoms with Crippen LogP contribution in [0.5, 0.6) is 0 Å². The lowest BCUT2D eigenvalue weighted by molar-refractivity contribution is 0.0660. The van der Waals surface area contributed by atoms with Crippen molar-refractivity contribution in [2.45, 2.75) is 13.5 Å². The molecule has 0 aliphatic heterocycles. The van der Waals surface area contributed by atoms with Crippen molar-refractivity contribution in [1.82, 2.24) is 4.98 Å². The zero-order valence-corrected chi connectivity index (χ0v) is 9.30. The second-order valence-electron chi connectivity index (χ2n) is 3.65. The molecule has 0 spiro atoms. The van der Waals surface area contributed by atoms with Crippen LogP contribution >= 0.6 is 0 Å². The van der Waals surface area contributed by atoms with Crippen LogP contribution in [0.2, 0.25) is 0 Å². The third-order valence-corrected chi connectivity index (χ3v) is 2.23. The summed E-state index contributed by atoms with van der Waals surface area (Å²) in [5.74, 6) is -0.908. The lowest BCUT2D eigenvalue weighted by Crippen LogP contribution is -1.99. The number of nitrogens with one attached hydrogen (secondary N) is 1. The summed E-state index contributed by atoms with van der Waals surface area (Å²) in [5, 5.41) is 11.8. The first-order chi connectivity index (χ1) is 8.15. The topological polar surface area (TPSA) is 75.4 Å². The van der Waals surface area contributed by atoms with Crippen LogP contribution in [-0.2, 0) is 6.54 Å². The van der Waals surface area contributed by atoms with Crippen LogP contribution in [0.25, 0.3) is 0 Å². The summed E-state index contributed by atoms with van der Waals surface area (Å²) in [6, 6.07) is 7.85. The number of aromatic carboxylic acids is 1. The van der Waals surface area contributed by atoms with Crippen LogP contribution in [-0.4, -0.2) is 16.1 Å². The molecule has 0 saturated carbocycles. The van der Waals surface area contributed by atoms with E-state index in [-0.39, 0.29) is 5.76 Å². The van der Waals surface area contributed by atoms with E-state index in [1.54, 1.807) is 0 Å². The van der Waals surface area contributed by atoms with Crippen molar-refractivity contribution in [3.8, 4) is 0 Å². The quantitative estimate of drug-likeness (QED) is 0.845. The van der Waals surface area contributed by atoms with Crippen molar-refractivity contribution in [3.63, 3.8) is 0 Å². The number of benzene rings is 1. The molecule has 1 aromatic carbocycles. The van der Waals surface area contributed by atoms with Gasteiger partial charge in [-0.25, -0.2) is 9.78 Å². The van der Waals surface area contributed by atoms with E-state index in [0.717, 1.165) is 11.3 Å². The highest BCUT2D eigenvalue weighted by Crippen LogP contribution is 2.11. The number of aryl methyl sites for hydroxylation is 1. The molecule has 5 nitrogen and oxygen atoms in total. The van der Waals surface area contributed by atoms with Gasteiger partial charge < -0.3 is 14.8 Å². The van der Waals surface area contributed by atoms with E-state index in [4.69, 9.17) is 9.52 Å². The Morgan fingerprint density at radius 2 is 2.35 bits per heavy atom.